The zero-order valence-electron chi connectivity index (χ0n) is 30.6. The Morgan fingerprint density at radius 2 is 1.31 bits per heavy atom. The van der Waals surface area contributed by atoms with E-state index in [9.17, 15) is 0 Å². The standard InChI is InChI=1S/C39H27N2O.C11H8N.Ir/c1-23-18-30-19-28(26-8-5-4-6-9-26)14-15-29(30)20-34(23)35-21-36(40-22-24(35)2)33-11-7-10-31-32-17-16-27-13-12-25(3)41-37(27)39(32)42-38(31)33;1-2-6-10(7-3-1)11-8-4-5-9-12-11;/h4-10,12-22H,1-3H3;1-6,8-9H;/q2*-1;. The van der Waals surface area contributed by atoms with Crippen LogP contribution in [0.3, 0.4) is 0 Å². The topological polar surface area (TPSA) is 51.8 Å². The number of fused-ring (bicyclic) bond motifs is 6. The molecule has 0 bridgehead atoms. The molecule has 10 rings (SSSR count). The van der Waals surface area contributed by atoms with E-state index in [1.807, 2.05) is 67.7 Å². The van der Waals surface area contributed by atoms with Gasteiger partial charge in [0, 0.05) is 49.0 Å². The van der Waals surface area contributed by atoms with Gasteiger partial charge in [-0.25, -0.2) is 4.98 Å². The van der Waals surface area contributed by atoms with E-state index in [1.165, 1.54) is 33.0 Å². The van der Waals surface area contributed by atoms with Gasteiger partial charge in [-0.15, -0.1) is 54.1 Å². The van der Waals surface area contributed by atoms with Crippen molar-refractivity contribution in [1.82, 2.24) is 15.0 Å². The quantitative estimate of drug-likeness (QED) is 0.165. The maximum absolute atomic E-state index is 6.58. The molecule has 0 unspecified atom stereocenters. The molecular formula is C50H35IrN3O-2. The number of aryl methyl sites for hydroxylation is 3. The van der Waals surface area contributed by atoms with Gasteiger partial charge in [0.25, 0.3) is 0 Å². The molecule has 55 heavy (non-hydrogen) atoms. The molecule has 1 radical (unpaired) electrons. The minimum absolute atomic E-state index is 0. The second kappa shape index (κ2) is 15.2. The summed E-state index contributed by atoms with van der Waals surface area (Å²) in [5.41, 5.74) is 14.3. The van der Waals surface area contributed by atoms with E-state index in [0.29, 0.717) is 0 Å². The van der Waals surface area contributed by atoms with Crippen LogP contribution in [0.5, 0.6) is 0 Å². The number of furan rings is 1. The van der Waals surface area contributed by atoms with Gasteiger partial charge in [0.1, 0.15) is 11.1 Å². The molecular weight excluding hydrogens is 851 g/mol. The molecule has 0 saturated heterocycles. The molecule has 4 aromatic heterocycles. The van der Waals surface area contributed by atoms with Gasteiger partial charge in [-0.3, -0.25) is 0 Å². The Labute approximate surface area is 333 Å². The molecule has 0 aliphatic rings. The van der Waals surface area contributed by atoms with Crippen molar-refractivity contribution in [3.05, 3.63) is 187 Å². The first-order valence-electron chi connectivity index (χ1n) is 18.1. The fraction of sp³-hybridized carbons (Fsp3) is 0.0600. The third-order valence-electron chi connectivity index (χ3n) is 9.99. The molecule has 0 saturated carbocycles. The second-order valence-corrected chi connectivity index (χ2v) is 13.6. The summed E-state index contributed by atoms with van der Waals surface area (Å²) in [5.74, 6) is 0. The molecule has 267 valence electrons. The van der Waals surface area contributed by atoms with Gasteiger partial charge in [-0.1, -0.05) is 95.9 Å². The van der Waals surface area contributed by atoms with Crippen LogP contribution < -0.4 is 0 Å². The molecule has 10 aromatic rings. The van der Waals surface area contributed by atoms with Crippen molar-refractivity contribution in [2.45, 2.75) is 20.8 Å². The molecule has 4 heterocycles. The zero-order chi connectivity index (χ0) is 36.6. The van der Waals surface area contributed by atoms with Crippen molar-refractivity contribution < 1.29 is 24.5 Å². The van der Waals surface area contributed by atoms with E-state index >= 15 is 0 Å². The monoisotopic (exact) mass is 886 g/mol. The van der Waals surface area contributed by atoms with E-state index in [1.54, 1.807) is 6.20 Å². The molecule has 0 aliphatic heterocycles. The van der Waals surface area contributed by atoms with Crippen molar-refractivity contribution in [2.75, 3.05) is 0 Å². The van der Waals surface area contributed by atoms with E-state index in [-0.39, 0.29) is 20.1 Å². The van der Waals surface area contributed by atoms with Gasteiger partial charge in [-0.05, 0) is 101 Å². The van der Waals surface area contributed by atoms with Crippen LogP contribution in [-0.2, 0) is 20.1 Å². The van der Waals surface area contributed by atoms with Crippen molar-refractivity contribution in [1.29, 1.82) is 0 Å². The molecule has 0 aliphatic carbocycles. The summed E-state index contributed by atoms with van der Waals surface area (Å²) in [6.45, 7) is 6.32. The fourth-order valence-corrected chi connectivity index (χ4v) is 7.21. The fourth-order valence-electron chi connectivity index (χ4n) is 7.21. The Kier molecular flexibility index (Phi) is 9.90. The van der Waals surface area contributed by atoms with Crippen LogP contribution in [0.25, 0.3) is 88.4 Å². The van der Waals surface area contributed by atoms with Crippen LogP contribution >= 0.6 is 0 Å². The average molecular weight is 886 g/mol. The number of nitrogens with zero attached hydrogens (tertiary/aromatic N) is 3. The van der Waals surface area contributed by atoms with Crippen LogP contribution in [0, 0.1) is 32.9 Å². The Morgan fingerprint density at radius 3 is 2.13 bits per heavy atom. The van der Waals surface area contributed by atoms with E-state index < -0.39 is 0 Å². The SMILES string of the molecule is Cc1ccc2ccc3c4cc[c-]c(-c5cc(-c6cc7ccc(-c8ccccc8)cc7cc6C)c(C)cn5)c4oc3c2n1.[Ir].[c-]1ccccc1-c1ccccn1. The van der Waals surface area contributed by atoms with E-state index in [4.69, 9.17) is 14.4 Å². The minimum Gasteiger partial charge on any atom is -0.498 e. The van der Waals surface area contributed by atoms with E-state index in [2.05, 4.69) is 122 Å². The van der Waals surface area contributed by atoms with Gasteiger partial charge >= 0.3 is 0 Å². The van der Waals surface area contributed by atoms with Gasteiger partial charge in [0.05, 0.1) is 5.58 Å². The molecule has 0 fully saturated rings. The molecule has 4 nitrogen and oxygen atoms in total. The summed E-state index contributed by atoms with van der Waals surface area (Å²) >= 11 is 0. The molecule has 5 heteroatoms. The smallest absolute Gasteiger partial charge is 0.147 e. The minimum atomic E-state index is 0. The normalized spacial score (nSPS) is 11.0. The van der Waals surface area contributed by atoms with Gasteiger partial charge in [0.2, 0.25) is 0 Å². The Balaban J connectivity index is 0.000000280. The first kappa shape index (κ1) is 35.8. The van der Waals surface area contributed by atoms with Crippen LogP contribution in [0.2, 0.25) is 0 Å². The Hall–Kier alpha value is -6.26. The predicted octanol–water partition coefficient (Wildman–Crippen LogP) is 13.0. The van der Waals surface area contributed by atoms with Crippen molar-refractivity contribution in [3.8, 4) is 44.8 Å². The number of aromatic nitrogens is 3. The van der Waals surface area contributed by atoms with Crippen molar-refractivity contribution >= 4 is 43.6 Å². The summed E-state index contributed by atoms with van der Waals surface area (Å²) in [6.07, 6.45) is 3.75. The van der Waals surface area contributed by atoms with Crippen LogP contribution in [0.1, 0.15) is 16.8 Å². The predicted molar refractivity (Wildman–Crippen MR) is 222 cm³/mol. The summed E-state index contributed by atoms with van der Waals surface area (Å²) in [5, 5.41) is 5.62. The zero-order valence-corrected chi connectivity index (χ0v) is 33.0. The van der Waals surface area contributed by atoms with Gasteiger partial charge < -0.3 is 14.4 Å². The van der Waals surface area contributed by atoms with Crippen molar-refractivity contribution in [2.24, 2.45) is 0 Å². The van der Waals surface area contributed by atoms with E-state index in [0.717, 1.165) is 72.2 Å². The Bertz CT molecular complexity index is 2920. The molecule has 0 atom stereocenters. The maximum Gasteiger partial charge on any atom is 0.147 e. The molecule has 6 aromatic carbocycles. The summed E-state index contributed by atoms with van der Waals surface area (Å²) in [4.78, 5) is 13.9. The van der Waals surface area contributed by atoms with Crippen LogP contribution in [-0.4, -0.2) is 15.0 Å². The molecule has 0 spiro atoms. The molecule has 0 amide bonds. The maximum atomic E-state index is 6.58. The van der Waals surface area contributed by atoms with Crippen molar-refractivity contribution in [3.63, 3.8) is 0 Å². The molecule has 0 N–H and O–H groups in total. The summed E-state index contributed by atoms with van der Waals surface area (Å²) in [7, 11) is 0. The summed E-state index contributed by atoms with van der Waals surface area (Å²) in [6, 6.07) is 56.7. The largest absolute Gasteiger partial charge is 0.498 e. The number of benzene rings is 6. The Morgan fingerprint density at radius 1 is 0.527 bits per heavy atom. The third kappa shape index (κ3) is 6.97. The van der Waals surface area contributed by atoms with Gasteiger partial charge in [-0.2, -0.15) is 0 Å². The number of rotatable bonds is 4. The van der Waals surface area contributed by atoms with Crippen LogP contribution in [0.4, 0.5) is 0 Å². The first-order chi connectivity index (χ1) is 26.5. The number of pyridine rings is 3. The third-order valence-corrected chi connectivity index (χ3v) is 9.99. The number of hydrogen-bond acceptors (Lipinski definition) is 4. The van der Waals surface area contributed by atoms with Crippen LogP contribution in [0.15, 0.2) is 162 Å². The first-order valence-corrected chi connectivity index (χ1v) is 18.1. The summed E-state index contributed by atoms with van der Waals surface area (Å²) < 4.78 is 6.58. The number of hydrogen-bond donors (Lipinski definition) is 0. The average Bonchev–Trinajstić information content (AvgIpc) is 3.62. The second-order valence-electron chi connectivity index (χ2n) is 13.6. The van der Waals surface area contributed by atoms with Gasteiger partial charge in [0.15, 0.2) is 0 Å².